The maximum absolute atomic E-state index is 12.8. The van der Waals surface area contributed by atoms with E-state index in [1.54, 1.807) is 43.4 Å². The number of nitrogens with one attached hydrogen (secondary N) is 3. The second-order valence-electron chi connectivity index (χ2n) is 7.16. The van der Waals surface area contributed by atoms with Crippen LogP contribution >= 0.6 is 12.4 Å². The molecule has 8 heteroatoms. The predicted octanol–water partition coefficient (Wildman–Crippen LogP) is 4.30. The zero-order valence-corrected chi connectivity index (χ0v) is 18.7. The molecule has 3 aromatic rings. The number of nitrogens with zero attached hydrogens (tertiary/aromatic N) is 1. The number of aryl methyl sites for hydroxylation is 1. The molecule has 0 aromatic heterocycles. The van der Waals surface area contributed by atoms with Gasteiger partial charge < -0.3 is 16.4 Å². The molecule has 3 rings (SSSR count). The Morgan fingerprint density at radius 3 is 2.34 bits per heavy atom. The Morgan fingerprint density at radius 1 is 0.969 bits per heavy atom. The van der Waals surface area contributed by atoms with Crippen LogP contribution < -0.4 is 21.3 Å². The fourth-order valence-corrected chi connectivity index (χ4v) is 3.10. The second-order valence-corrected chi connectivity index (χ2v) is 7.16. The summed E-state index contributed by atoms with van der Waals surface area (Å²) in [6, 6.07) is 21.2. The Labute approximate surface area is 193 Å². The van der Waals surface area contributed by atoms with E-state index in [0.29, 0.717) is 22.5 Å². The van der Waals surface area contributed by atoms with E-state index in [1.807, 2.05) is 43.3 Å². The number of nitrogens with two attached hydrogens (primary N) is 1. The molecular formula is C24H26ClN5O2. The Kier molecular flexibility index (Phi) is 8.38. The lowest BCUT2D eigenvalue weighted by atomic mass is 10.1. The Hall–Kier alpha value is -3.84. The van der Waals surface area contributed by atoms with Crippen LogP contribution in [0.3, 0.4) is 0 Å². The van der Waals surface area contributed by atoms with Crippen LogP contribution in [0.1, 0.15) is 27.0 Å². The van der Waals surface area contributed by atoms with Crippen molar-refractivity contribution in [3.63, 3.8) is 0 Å². The topological polar surface area (TPSA) is 111 Å². The lowest BCUT2D eigenvalue weighted by Crippen LogP contribution is -2.33. The SMILES string of the molecule is Cc1cccc(C(=O)NCc2ccc(C(=N)N)cc2N(C)C(=O)Nc2ccccc2)c1.Cl. The van der Waals surface area contributed by atoms with E-state index in [-0.39, 0.29) is 36.7 Å². The summed E-state index contributed by atoms with van der Waals surface area (Å²) < 4.78 is 0. The van der Waals surface area contributed by atoms with Crippen molar-refractivity contribution in [3.05, 3.63) is 95.1 Å². The van der Waals surface area contributed by atoms with Gasteiger partial charge in [0.05, 0.1) is 5.69 Å². The van der Waals surface area contributed by atoms with Gasteiger partial charge in [-0.2, -0.15) is 0 Å². The fourth-order valence-electron chi connectivity index (χ4n) is 3.10. The van der Waals surface area contributed by atoms with Crippen molar-refractivity contribution in [2.75, 3.05) is 17.3 Å². The number of amidine groups is 1. The highest BCUT2D eigenvalue weighted by molar-refractivity contribution is 6.03. The minimum absolute atomic E-state index is 0. The number of carbonyl (C=O) groups is 2. The Bertz CT molecular complexity index is 1120. The molecule has 5 N–H and O–H groups in total. The summed E-state index contributed by atoms with van der Waals surface area (Å²) in [7, 11) is 1.63. The zero-order chi connectivity index (χ0) is 22.4. The van der Waals surface area contributed by atoms with E-state index in [1.165, 1.54) is 4.90 Å². The highest BCUT2D eigenvalue weighted by Crippen LogP contribution is 2.23. The van der Waals surface area contributed by atoms with Crippen LogP contribution in [0.25, 0.3) is 0 Å². The Balaban J connectivity index is 0.00000363. The minimum atomic E-state index is -0.349. The molecular weight excluding hydrogens is 426 g/mol. The van der Waals surface area contributed by atoms with Crippen LogP contribution in [0.4, 0.5) is 16.2 Å². The molecule has 0 bridgehead atoms. The van der Waals surface area contributed by atoms with Crippen molar-refractivity contribution >= 4 is 41.6 Å². The third-order valence-electron chi connectivity index (χ3n) is 4.81. The molecule has 0 atom stereocenters. The molecule has 0 fully saturated rings. The minimum Gasteiger partial charge on any atom is -0.384 e. The van der Waals surface area contributed by atoms with E-state index in [0.717, 1.165) is 11.1 Å². The summed E-state index contributed by atoms with van der Waals surface area (Å²) in [5, 5.41) is 13.4. The van der Waals surface area contributed by atoms with Crippen LogP contribution in [0.15, 0.2) is 72.8 Å². The van der Waals surface area contributed by atoms with Crippen LogP contribution in [0.5, 0.6) is 0 Å². The van der Waals surface area contributed by atoms with Crippen molar-refractivity contribution in [1.29, 1.82) is 5.41 Å². The van der Waals surface area contributed by atoms with E-state index < -0.39 is 0 Å². The molecule has 0 saturated heterocycles. The van der Waals surface area contributed by atoms with Gasteiger partial charge in [0, 0.05) is 30.4 Å². The van der Waals surface area contributed by atoms with Crippen LogP contribution in [0, 0.1) is 12.3 Å². The third kappa shape index (κ3) is 6.09. The monoisotopic (exact) mass is 451 g/mol. The maximum atomic E-state index is 12.8. The van der Waals surface area contributed by atoms with Gasteiger partial charge in [-0.1, -0.05) is 48.0 Å². The van der Waals surface area contributed by atoms with Crippen LogP contribution in [-0.4, -0.2) is 24.8 Å². The number of carbonyl (C=O) groups excluding carboxylic acids is 2. The molecule has 3 aromatic carbocycles. The van der Waals surface area contributed by atoms with Crippen molar-refractivity contribution in [1.82, 2.24) is 5.32 Å². The molecule has 0 unspecified atom stereocenters. The van der Waals surface area contributed by atoms with Gasteiger partial charge in [-0.25, -0.2) is 4.79 Å². The summed E-state index contributed by atoms with van der Waals surface area (Å²) >= 11 is 0. The summed E-state index contributed by atoms with van der Waals surface area (Å²) in [5.74, 6) is -0.310. The van der Waals surface area contributed by atoms with Crippen molar-refractivity contribution in [3.8, 4) is 0 Å². The molecule has 0 spiro atoms. The number of halogens is 1. The standard InChI is InChI=1S/C24H25N5O2.ClH/c1-16-7-6-8-18(13-16)23(30)27-15-19-12-11-17(22(25)26)14-21(19)29(2)24(31)28-20-9-4-3-5-10-20;/h3-14H,15H2,1-2H3,(H3,25,26)(H,27,30)(H,28,31);1H. The molecule has 7 nitrogen and oxygen atoms in total. The van der Waals surface area contributed by atoms with Gasteiger partial charge in [0.1, 0.15) is 5.84 Å². The summed E-state index contributed by atoms with van der Waals surface area (Å²) in [5.41, 5.74) is 9.62. The van der Waals surface area contributed by atoms with Gasteiger partial charge in [0.2, 0.25) is 0 Å². The number of hydrogen-bond donors (Lipinski definition) is 4. The van der Waals surface area contributed by atoms with Gasteiger partial charge in [-0.3, -0.25) is 15.1 Å². The first-order valence-electron chi connectivity index (χ1n) is 9.77. The largest absolute Gasteiger partial charge is 0.384 e. The second kappa shape index (κ2) is 11.0. The highest BCUT2D eigenvalue weighted by atomic mass is 35.5. The molecule has 32 heavy (non-hydrogen) atoms. The van der Waals surface area contributed by atoms with Gasteiger partial charge >= 0.3 is 6.03 Å². The van der Waals surface area contributed by atoms with Crippen LogP contribution in [-0.2, 0) is 6.54 Å². The molecule has 0 radical (unpaired) electrons. The lowest BCUT2D eigenvalue weighted by molar-refractivity contribution is 0.0951. The molecule has 3 amide bonds. The van der Waals surface area contributed by atoms with Gasteiger partial charge in [0.25, 0.3) is 5.91 Å². The van der Waals surface area contributed by atoms with Gasteiger partial charge in [-0.05, 0) is 42.8 Å². The lowest BCUT2D eigenvalue weighted by Gasteiger charge is -2.22. The first kappa shape index (κ1) is 24.4. The number of para-hydroxylation sites is 1. The molecule has 0 aliphatic heterocycles. The number of hydrogen-bond acceptors (Lipinski definition) is 3. The smallest absolute Gasteiger partial charge is 0.326 e. The predicted molar refractivity (Wildman–Crippen MR) is 131 cm³/mol. The summed E-state index contributed by atoms with van der Waals surface area (Å²) in [6.07, 6.45) is 0. The number of urea groups is 1. The first-order valence-corrected chi connectivity index (χ1v) is 9.77. The maximum Gasteiger partial charge on any atom is 0.326 e. The molecule has 0 aliphatic rings. The van der Waals surface area contributed by atoms with E-state index >= 15 is 0 Å². The number of amides is 3. The van der Waals surface area contributed by atoms with E-state index in [9.17, 15) is 9.59 Å². The van der Waals surface area contributed by atoms with Crippen molar-refractivity contribution in [2.24, 2.45) is 5.73 Å². The number of benzene rings is 3. The van der Waals surface area contributed by atoms with Crippen molar-refractivity contribution < 1.29 is 9.59 Å². The fraction of sp³-hybridized carbons (Fsp3) is 0.125. The number of anilines is 2. The van der Waals surface area contributed by atoms with E-state index in [2.05, 4.69) is 10.6 Å². The number of nitrogen functional groups attached to an aromatic ring is 1. The first-order chi connectivity index (χ1) is 14.8. The normalized spacial score (nSPS) is 9.94. The van der Waals surface area contributed by atoms with Crippen molar-refractivity contribution in [2.45, 2.75) is 13.5 Å². The van der Waals surface area contributed by atoms with E-state index in [4.69, 9.17) is 11.1 Å². The third-order valence-corrected chi connectivity index (χ3v) is 4.81. The summed E-state index contributed by atoms with van der Waals surface area (Å²) in [4.78, 5) is 26.8. The number of rotatable bonds is 6. The Morgan fingerprint density at radius 2 is 1.69 bits per heavy atom. The van der Waals surface area contributed by atoms with Gasteiger partial charge in [0.15, 0.2) is 0 Å². The van der Waals surface area contributed by atoms with Crippen LogP contribution in [0.2, 0.25) is 0 Å². The molecule has 0 saturated carbocycles. The average molecular weight is 452 g/mol. The zero-order valence-electron chi connectivity index (χ0n) is 17.9. The molecule has 0 heterocycles. The average Bonchev–Trinajstić information content (AvgIpc) is 2.77. The quantitative estimate of drug-likeness (QED) is 0.331. The molecule has 0 aliphatic carbocycles. The van der Waals surface area contributed by atoms with Gasteiger partial charge in [-0.15, -0.1) is 12.4 Å². The molecule has 166 valence electrons. The summed E-state index contributed by atoms with van der Waals surface area (Å²) in [6.45, 7) is 2.14. The highest BCUT2D eigenvalue weighted by Gasteiger charge is 2.17.